The van der Waals surface area contributed by atoms with Crippen LogP contribution in [0.3, 0.4) is 0 Å². The summed E-state index contributed by atoms with van der Waals surface area (Å²) in [5.41, 5.74) is 4.27. The summed E-state index contributed by atoms with van der Waals surface area (Å²) in [6.07, 6.45) is 0.593. The van der Waals surface area contributed by atoms with Gasteiger partial charge in [-0.15, -0.1) is 0 Å². The SMILES string of the molecule is CCOCCCN1C(=O)C(Nc2cccc(C)c2C)=C(c2ccc(Cl)cc2)C1=O. The predicted octanol–water partition coefficient (Wildman–Crippen LogP) is 4.58. The number of imide groups is 1. The van der Waals surface area contributed by atoms with E-state index >= 15 is 0 Å². The Morgan fingerprint density at radius 1 is 1.03 bits per heavy atom. The van der Waals surface area contributed by atoms with Gasteiger partial charge in [-0.3, -0.25) is 14.5 Å². The fourth-order valence-corrected chi connectivity index (χ4v) is 3.40. The van der Waals surface area contributed by atoms with Gasteiger partial charge in [-0.1, -0.05) is 35.9 Å². The van der Waals surface area contributed by atoms with Gasteiger partial charge in [0.05, 0.1) is 5.57 Å². The minimum atomic E-state index is -0.322. The van der Waals surface area contributed by atoms with Gasteiger partial charge in [-0.2, -0.15) is 0 Å². The maximum absolute atomic E-state index is 13.2. The van der Waals surface area contributed by atoms with Gasteiger partial charge in [0.15, 0.2) is 0 Å². The molecule has 0 spiro atoms. The van der Waals surface area contributed by atoms with E-state index in [1.165, 1.54) is 4.90 Å². The van der Waals surface area contributed by atoms with Crippen LogP contribution in [0.2, 0.25) is 5.02 Å². The minimum Gasteiger partial charge on any atom is -0.382 e. The molecule has 1 heterocycles. The van der Waals surface area contributed by atoms with Crippen LogP contribution in [0.1, 0.15) is 30.0 Å². The molecule has 29 heavy (non-hydrogen) atoms. The van der Waals surface area contributed by atoms with Gasteiger partial charge in [0.2, 0.25) is 0 Å². The number of benzene rings is 2. The summed E-state index contributed by atoms with van der Waals surface area (Å²) in [5, 5.41) is 3.80. The van der Waals surface area contributed by atoms with Crippen LogP contribution in [0.5, 0.6) is 0 Å². The fourth-order valence-electron chi connectivity index (χ4n) is 3.27. The van der Waals surface area contributed by atoms with Crippen LogP contribution >= 0.6 is 11.6 Å². The molecule has 152 valence electrons. The van der Waals surface area contributed by atoms with Crippen molar-refractivity contribution in [3.8, 4) is 0 Å². The maximum Gasteiger partial charge on any atom is 0.278 e. The molecular weight excluding hydrogens is 388 g/mol. The number of amides is 2. The average molecular weight is 413 g/mol. The number of carbonyl (C=O) groups is 2. The number of ether oxygens (including phenoxy) is 1. The van der Waals surface area contributed by atoms with E-state index in [-0.39, 0.29) is 11.8 Å². The molecule has 0 aromatic heterocycles. The Morgan fingerprint density at radius 2 is 1.76 bits per heavy atom. The second-order valence-electron chi connectivity index (χ2n) is 6.94. The highest BCUT2D eigenvalue weighted by Gasteiger charge is 2.39. The number of aryl methyl sites for hydroxylation is 1. The highest BCUT2D eigenvalue weighted by Crippen LogP contribution is 2.32. The molecule has 0 aliphatic carbocycles. The molecule has 0 bridgehead atoms. The predicted molar refractivity (Wildman–Crippen MR) is 116 cm³/mol. The van der Waals surface area contributed by atoms with Gasteiger partial charge in [-0.05, 0) is 62.1 Å². The van der Waals surface area contributed by atoms with Crippen LogP contribution in [-0.2, 0) is 14.3 Å². The third kappa shape index (κ3) is 4.52. The Morgan fingerprint density at radius 3 is 2.45 bits per heavy atom. The molecule has 2 aromatic rings. The lowest BCUT2D eigenvalue weighted by Gasteiger charge is -2.16. The van der Waals surface area contributed by atoms with Gasteiger partial charge < -0.3 is 10.1 Å². The molecule has 0 unspecified atom stereocenters. The van der Waals surface area contributed by atoms with Crippen molar-refractivity contribution in [2.75, 3.05) is 25.1 Å². The van der Waals surface area contributed by atoms with Gasteiger partial charge in [0, 0.05) is 30.5 Å². The number of nitrogens with zero attached hydrogens (tertiary/aromatic N) is 1. The molecule has 5 nitrogen and oxygen atoms in total. The number of hydrogen-bond acceptors (Lipinski definition) is 4. The van der Waals surface area contributed by atoms with Gasteiger partial charge in [-0.25, -0.2) is 0 Å². The van der Waals surface area contributed by atoms with Crippen LogP contribution in [-0.4, -0.2) is 36.5 Å². The zero-order valence-corrected chi connectivity index (χ0v) is 17.7. The average Bonchev–Trinajstić information content (AvgIpc) is 2.93. The molecule has 0 saturated heterocycles. The van der Waals surface area contributed by atoms with Crippen molar-refractivity contribution in [3.05, 3.63) is 69.9 Å². The fraction of sp³-hybridized carbons (Fsp3) is 0.304. The molecule has 0 fully saturated rings. The smallest absolute Gasteiger partial charge is 0.278 e. The number of rotatable bonds is 8. The van der Waals surface area contributed by atoms with Crippen molar-refractivity contribution in [1.29, 1.82) is 0 Å². The second kappa shape index (κ2) is 9.25. The molecule has 0 atom stereocenters. The van der Waals surface area contributed by atoms with E-state index in [4.69, 9.17) is 16.3 Å². The van der Waals surface area contributed by atoms with Gasteiger partial charge >= 0.3 is 0 Å². The van der Waals surface area contributed by atoms with Crippen molar-refractivity contribution in [2.24, 2.45) is 0 Å². The first-order valence-corrected chi connectivity index (χ1v) is 10.1. The Kier molecular flexibility index (Phi) is 6.72. The van der Waals surface area contributed by atoms with E-state index in [1.54, 1.807) is 24.3 Å². The monoisotopic (exact) mass is 412 g/mol. The lowest BCUT2D eigenvalue weighted by molar-refractivity contribution is -0.137. The number of hydrogen-bond donors (Lipinski definition) is 1. The first-order chi connectivity index (χ1) is 13.9. The van der Waals surface area contributed by atoms with E-state index in [2.05, 4.69) is 5.32 Å². The topological polar surface area (TPSA) is 58.6 Å². The number of nitrogens with one attached hydrogen (secondary N) is 1. The first kappa shape index (κ1) is 21.1. The van der Waals surface area contributed by atoms with Crippen molar-refractivity contribution >= 4 is 34.7 Å². The molecule has 0 radical (unpaired) electrons. The van der Waals surface area contributed by atoms with E-state index in [9.17, 15) is 9.59 Å². The summed E-state index contributed by atoms with van der Waals surface area (Å²) < 4.78 is 5.35. The zero-order chi connectivity index (χ0) is 21.0. The number of halogens is 1. The van der Waals surface area contributed by atoms with E-state index in [0.717, 1.165) is 16.8 Å². The van der Waals surface area contributed by atoms with Crippen LogP contribution in [0, 0.1) is 13.8 Å². The Labute approximate surface area is 176 Å². The third-order valence-corrected chi connectivity index (χ3v) is 5.29. The summed E-state index contributed by atoms with van der Waals surface area (Å²) in [6.45, 7) is 7.34. The minimum absolute atomic E-state index is 0.294. The highest BCUT2D eigenvalue weighted by molar-refractivity contribution is 6.37. The summed E-state index contributed by atoms with van der Waals surface area (Å²) in [4.78, 5) is 27.6. The largest absolute Gasteiger partial charge is 0.382 e. The summed E-state index contributed by atoms with van der Waals surface area (Å²) in [7, 11) is 0. The third-order valence-electron chi connectivity index (χ3n) is 5.04. The molecule has 2 amide bonds. The summed E-state index contributed by atoms with van der Waals surface area (Å²) >= 11 is 6.01. The molecule has 6 heteroatoms. The van der Waals surface area contributed by atoms with Crippen LogP contribution < -0.4 is 5.32 Å². The number of anilines is 1. The lowest BCUT2D eigenvalue weighted by atomic mass is 10.0. The van der Waals surface area contributed by atoms with E-state index < -0.39 is 0 Å². The van der Waals surface area contributed by atoms with Crippen molar-refractivity contribution in [2.45, 2.75) is 27.2 Å². The van der Waals surface area contributed by atoms with Crippen LogP contribution in [0.4, 0.5) is 5.69 Å². The summed E-state index contributed by atoms with van der Waals surface area (Å²) in [6, 6.07) is 12.8. The molecule has 1 N–H and O–H groups in total. The number of carbonyl (C=O) groups excluding carboxylic acids is 2. The Hall–Kier alpha value is -2.63. The van der Waals surface area contributed by atoms with Gasteiger partial charge in [0.1, 0.15) is 5.70 Å². The van der Waals surface area contributed by atoms with Crippen molar-refractivity contribution in [3.63, 3.8) is 0 Å². The first-order valence-electron chi connectivity index (χ1n) is 9.71. The van der Waals surface area contributed by atoms with Crippen molar-refractivity contribution in [1.82, 2.24) is 4.90 Å². The van der Waals surface area contributed by atoms with E-state index in [0.29, 0.717) is 48.0 Å². The van der Waals surface area contributed by atoms with Crippen LogP contribution in [0.15, 0.2) is 48.2 Å². The maximum atomic E-state index is 13.2. The van der Waals surface area contributed by atoms with Crippen LogP contribution in [0.25, 0.3) is 5.57 Å². The molecule has 1 aliphatic rings. The molecule has 3 rings (SSSR count). The lowest BCUT2D eigenvalue weighted by Crippen LogP contribution is -2.34. The second-order valence-corrected chi connectivity index (χ2v) is 7.38. The molecule has 2 aromatic carbocycles. The standard InChI is InChI=1S/C23H25ClN2O3/c1-4-29-14-6-13-26-22(27)20(17-9-11-18(24)12-10-17)21(23(26)28)25-19-8-5-7-15(2)16(19)3/h5,7-12,25H,4,6,13-14H2,1-3H3. The normalized spacial score (nSPS) is 14.1. The Bertz CT molecular complexity index is 951. The summed E-state index contributed by atoms with van der Waals surface area (Å²) in [5.74, 6) is -0.626. The Balaban J connectivity index is 1.97. The zero-order valence-electron chi connectivity index (χ0n) is 16.9. The molecular formula is C23H25ClN2O3. The molecule has 0 saturated carbocycles. The highest BCUT2D eigenvalue weighted by atomic mass is 35.5. The van der Waals surface area contributed by atoms with Crippen molar-refractivity contribution < 1.29 is 14.3 Å². The quantitative estimate of drug-likeness (QED) is 0.509. The van der Waals surface area contributed by atoms with Gasteiger partial charge in [0.25, 0.3) is 11.8 Å². The molecule has 1 aliphatic heterocycles. The van der Waals surface area contributed by atoms with E-state index in [1.807, 2.05) is 39.0 Å².